The van der Waals surface area contributed by atoms with E-state index in [1.807, 2.05) is 0 Å². The molecule has 0 radical (unpaired) electrons. The standard InChI is InChI=1S/C76H94N4O4/c1-69(2,3)45-33-41(34-46(65(45)81)70(4,5)6)61-53-25-27-55(77-53)62(42-35-47(71(7,8)9)66(82)48(36-42)72(10,11)12)57-29-31-59(79-57)64(44-39-51(75(19,20)21)68(84)52(40-44)76(22,23)24)60-32-30-58(80-60)63(56-28-26-54(61)78-56)43-37-49(73(13,14)15)67(83)50(38-43)74(16,17)18/h25-40,77-82H,1-24H3. The molecule has 0 amide bonds. The van der Waals surface area contributed by atoms with E-state index in [2.05, 4.69) is 283 Å². The summed E-state index contributed by atoms with van der Waals surface area (Å²) >= 11 is 0. The van der Waals surface area contributed by atoms with E-state index in [-0.39, 0.29) is 11.6 Å². The van der Waals surface area contributed by atoms with Crippen LogP contribution in [0.2, 0.25) is 0 Å². The second kappa shape index (κ2) is 20.2. The molecule has 8 bridgehead atoms. The second-order valence-electron chi connectivity index (χ2n) is 32.3. The minimum Gasteiger partial charge on any atom is -0.507 e. The van der Waals surface area contributed by atoms with Crippen LogP contribution in [0.25, 0.3) is 22.3 Å². The molecule has 2 aromatic carbocycles. The number of hydrogen-bond acceptors (Lipinski definition) is 4. The van der Waals surface area contributed by atoms with Gasteiger partial charge in [0.1, 0.15) is 11.5 Å². The highest BCUT2D eigenvalue weighted by Gasteiger charge is 2.38. The Morgan fingerprint density at radius 2 is 0.500 bits per heavy atom. The molecule has 4 aromatic heterocycles. The van der Waals surface area contributed by atoms with Crippen molar-refractivity contribution in [2.45, 2.75) is 188 Å². The lowest BCUT2D eigenvalue weighted by Crippen LogP contribution is -2.28. The largest absolute Gasteiger partial charge is 0.507 e. The van der Waals surface area contributed by atoms with Gasteiger partial charge in [0.15, 0.2) is 11.6 Å². The van der Waals surface area contributed by atoms with Gasteiger partial charge in [0, 0.05) is 112 Å². The van der Waals surface area contributed by atoms with Crippen LogP contribution in [0.4, 0.5) is 0 Å². The van der Waals surface area contributed by atoms with Crippen molar-refractivity contribution in [3.05, 3.63) is 209 Å². The maximum atomic E-state index is 14.7. The lowest BCUT2D eigenvalue weighted by atomic mass is 9.71. The van der Waals surface area contributed by atoms with Crippen LogP contribution in [0.15, 0.2) is 131 Å². The first-order valence-corrected chi connectivity index (χ1v) is 30.1. The third-order valence-electron chi connectivity index (χ3n) is 16.9. The fourth-order valence-electron chi connectivity index (χ4n) is 12.2. The van der Waals surface area contributed by atoms with Crippen LogP contribution in [0, 0.1) is 21.7 Å². The van der Waals surface area contributed by atoms with Gasteiger partial charge in [0.25, 0.3) is 0 Å². The number of aromatic hydroxyl groups is 2. The van der Waals surface area contributed by atoms with Crippen LogP contribution in [0.1, 0.15) is 234 Å². The molecule has 0 atom stereocenters. The molecule has 0 saturated heterocycles. The number of hydrogen-bond donors (Lipinski definition) is 6. The minimum atomic E-state index is -0.470. The molecule has 6 aromatic rings. The molecular weight excluding hydrogens is 1030 g/mol. The van der Waals surface area contributed by atoms with Gasteiger partial charge < -0.3 is 30.1 Å². The Morgan fingerprint density at radius 3 is 0.702 bits per heavy atom. The number of H-pyrrole nitrogens is 4. The first kappa shape index (κ1) is 61.2. The number of Topliss-reactive ketones (excluding diaryl/α,β-unsaturated/α-hetero) is 2. The maximum Gasteiger partial charge on any atom is 0.186 e. The number of aromatic amines is 4. The smallest absolute Gasteiger partial charge is 0.186 e. The van der Waals surface area contributed by atoms with Gasteiger partial charge in [-0.25, -0.2) is 0 Å². The van der Waals surface area contributed by atoms with Crippen molar-refractivity contribution in [2.24, 2.45) is 21.7 Å². The summed E-state index contributed by atoms with van der Waals surface area (Å²) in [6.07, 6.45) is 8.37. The van der Waals surface area contributed by atoms with E-state index in [9.17, 15) is 19.8 Å². The summed E-state index contributed by atoms with van der Waals surface area (Å²) < 4.78 is 0. The third-order valence-corrected chi connectivity index (χ3v) is 16.9. The minimum absolute atomic E-state index is 0.0544. The SMILES string of the molecule is CC(C)(C)C1=CC(=C2c3ccc([nH]3)C(=C3C=C(C(C)(C)C)C(=O)C(C(C)(C)C)=C3)c3ccc([nH]3)C(c3cc(C(C)(C)C)c(O)c(C(C)(C)C)c3)=c3ccc([nH]3)=C(c3cc(C(C)(C)C)c(O)c(C(C)(C)C)c3)c3ccc2[nH]3)C=C(C(C)(C)C)C1=O. The zero-order chi connectivity index (χ0) is 62.3. The van der Waals surface area contributed by atoms with Gasteiger partial charge in [-0.2, -0.15) is 0 Å². The van der Waals surface area contributed by atoms with Gasteiger partial charge >= 0.3 is 0 Å². The highest BCUT2D eigenvalue weighted by molar-refractivity contribution is 6.14. The van der Waals surface area contributed by atoms with E-state index in [4.69, 9.17) is 0 Å². The molecule has 2 aliphatic carbocycles. The number of aromatic nitrogens is 4. The summed E-state index contributed by atoms with van der Waals surface area (Å²) in [5.74, 6) is 0.711. The van der Waals surface area contributed by atoms with Gasteiger partial charge in [-0.15, -0.1) is 0 Å². The van der Waals surface area contributed by atoms with Crippen LogP contribution in [0.5, 0.6) is 11.5 Å². The Labute approximate surface area is 500 Å². The van der Waals surface area contributed by atoms with Gasteiger partial charge in [-0.1, -0.05) is 166 Å². The van der Waals surface area contributed by atoms with Crippen molar-refractivity contribution in [1.82, 2.24) is 19.9 Å². The van der Waals surface area contributed by atoms with E-state index in [0.29, 0.717) is 11.5 Å². The predicted molar refractivity (Wildman–Crippen MR) is 349 cm³/mol. The van der Waals surface area contributed by atoms with Gasteiger partial charge in [-0.3, -0.25) is 9.59 Å². The van der Waals surface area contributed by atoms with Gasteiger partial charge in [0.05, 0.1) is 0 Å². The van der Waals surface area contributed by atoms with Crippen molar-refractivity contribution in [3.8, 4) is 11.5 Å². The summed E-state index contributed by atoms with van der Waals surface area (Å²) in [4.78, 5) is 45.4. The quantitative estimate of drug-likeness (QED) is 0.103. The highest BCUT2D eigenvalue weighted by Crippen LogP contribution is 2.48. The normalized spacial score (nSPS) is 16.4. The summed E-state index contributed by atoms with van der Waals surface area (Å²) in [7, 11) is 0. The average Bonchev–Trinajstić information content (AvgIpc) is 2.61. The molecule has 1 aliphatic heterocycles. The topological polar surface area (TPSA) is 138 Å². The van der Waals surface area contributed by atoms with E-state index in [0.717, 1.165) is 134 Å². The van der Waals surface area contributed by atoms with E-state index in [1.165, 1.54) is 0 Å². The van der Waals surface area contributed by atoms with Crippen molar-refractivity contribution in [3.63, 3.8) is 0 Å². The number of phenols is 2. The summed E-state index contributed by atoms with van der Waals surface area (Å²) in [6, 6.07) is 25.8. The van der Waals surface area contributed by atoms with E-state index >= 15 is 0 Å². The molecule has 9 rings (SSSR count). The number of carbonyl (C=O) groups excluding carboxylic acids is 2. The van der Waals surface area contributed by atoms with Crippen LogP contribution in [-0.4, -0.2) is 41.7 Å². The molecule has 6 N–H and O–H groups in total. The number of benzene rings is 2. The van der Waals surface area contributed by atoms with Crippen LogP contribution < -0.4 is 10.7 Å². The average molecular weight is 1130 g/mol. The Hall–Kier alpha value is -7.32. The van der Waals surface area contributed by atoms with E-state index in [1.54, 1.807) is 0 Å². The molecule has 0 fully saturated rings. The Kier molecular flexibility index (Phi) is 14.7. The fraction of sp³-hybridized carbons (Fsp3) is 0.421. The number of nitrogens with one attached hydrogen (secondary N) is 4. The number of rotatable bonds is 2. The Balaban J connectivity index is 1.55. The van der Waals surface area contributed by atoms with E-state index < -0.39 is 43.3 Å². The van der Waals surface area contributed by atoms with Crippen molar-refractivity contribution < 1.29 is 19.8 Å². The predicted octanol–water partition coefficient (Wildman–Crippen LogP) is 17.1. The van der Waals surface area contributed by atoms with Gasteiger partial charge in [0.2, 0.25) is 0 Å². The lowest BCUT2D eigenvalue weighted by molar-refractivity contribution is -0.114. The summed E-state index contributed by atoms with van der Waals surface area (Å²) in [5.41, 5.74) is 15.1. The Morgan fingerprint density at radius 1 is 0.286 bits per heavy atom. The summed E-state index contributed by atoms with van der Waals surface area (Å²) in [5, 5.41) is 26.1. The van der Waals surface area contributed by atoms with Crippen molar-refractivity contribution in [1.29, 1.82) is 0 Å². The number of carbonyl (C=O) groups is 2. The zero-order valence-electron chi connectivity index (χ0n) is 54.9. The second-order valence-corrected chi connectivity index (χ2v) is 32.3. The van der Waals surface area contributed by atoms with Crippen LogP contribution in [-0.2, 0) is 31.2 Å². The molecule has 3 aliphatic rings. The Bertz CT molecular complexity index is 3650. The van der Waals surface area contributed by atoms with Crippen LogP contribution >= 0.6 is 0 Å². The number of allylic oxidation sites excluding steroid dienone is 10. The number of phenolic OH excluding ortho intramolecular Hbond substituents is 2. The molecule has 0 saturated carbocycles. The number of ketones is 2. The molecule has 8 heteroatoms. The van der Waals surface area contributed by atoms with Crippen molar-refractivity contribution in [2.75, 3.05) is 0 Å². The van der Waals surface area contributed by atoms with Crippen LogP contribution in [0.3, 0.4) is 0 Å². The molecular formula is C76H94N4O4. The lowest BCUT2D eigenvalue weighted by Gasteiger charge is -2.32. The molecule has 0 unspecified atom stereocenters. The first-order chi connectivity index (χ1) is 38.3. The zero-order valence-corrected chi connectivity index (χ0v) is 54.9. The highest BCUT2D eigenvalue weighted by atomic mass is 16.3. The molecule has 442 valence electrons. The van der Waals surface area contributed by atoms with Crippen molar-refractivity contribution >= 4 is 33.9 Å². The first-order valence-electron chi connectivity index (χ1n) is 30.1. The fourth-order valence-corrected chi connectivity index (χ4v) is 12.2. The number of fused-ring (bicyclic) bond motifs is 8. The maximum absolute atomic E-state index is 14.7. The third kappa shape index (κ3) is 11.4. The molecule has 0 spiro atoms. The molecule has 5 heterocycles. The molecule has 8 nitrogen and oxygen atoms in total. The summed E-state index contributed by atoms with van der Waals surface area (Å²) in [6.45, 7) is 51.1. The molecule has 84 heavy (non-hydrogen) atoms. The van der Waals surface area contributed by atoms with Gasteiger partial charge in [-0.05, 0) is 163 Å². The monoisotopic (exact) mass is 1130 g/mol.